The summed E-state index contributed by atoms with van der Waals surface area (Å²) in [5.41, 5.74) is -0.888. The third kappa shape index (κ3) is 4.58. The van der Waals surface area contributed by atoms with E-state index in [0.717, 1.165) is 0 Å². The Hall–Kier alpha value is -4.11. The number of nitrogens with one attached hydrogen (secondary N) is 1. The molecule has 0 radical (unpaired) electrons. The molecule has 0 aliphatic heterocycles. The summed E-state index contributed by atoms with van der Waals surface area (Å²) in [4.78, 5) is 23.9. The fraction of sp³-hybridized carbons (Fsp3) is 0.208. The number of nitrogens with zero attached hydrogens (tertiary/aromatic N) is 1. The van der Waals surface area contributed by atoms with E-state index < -0.39 is 22.5 Å². The fourth-order valence-corrected chi connectivity index (χ4v) is 3.58. The van der Waals surface area contributed by atoms with E-state index in [1.807, 2.05) is 0 Å². The molecule has 0 saturated heterocycles. The zero-order valence-electron chi connectivity index (χ0n) is 18.3. The predicted octanol–water partition coefficient (Wildman–Crippen LogP) is 3.83. The molecule has 3 aromatic rings. The molecule has 9 heteroatoms. The topological polar surface area (TPSA) is 120 Å². The van der Waals surface area contributed by atoms with Crippen LogP contribution in [0.4, 0.5) is 11.4 Å². The van der Waals surface area contributed by atoms with Crippen molar-refractivity contribution in [1.29, 1.82) is 0 Å². The number of aliphatic hydroxyl groups excluding tert-OH is 1. The minimum Gasteiger partial charge on any atom is -0.497 e. The molecule has 0 aliphatic carbocycles. The monoisotopic (exact) mass is 452 g/mol. The van der Waals surface area contributed by atoms with Crippen LogP contribution in [0.5, 0.6) is 11.5 Å². The maximum Gasteiger partial charge on any atom is 0.339 e. The molecule has 0 fully saturated rings. The highest BCUT2D eigenvalue weighted by Crippen LogP contribution is 2.42. The van der Waals surface area contributed by atoms with Crippen molar-refractivity contribution in [3.63, 3.8) is 0 Å². The number of benzene rings is 3. The van der Waals surface area contributed by atoms with Gasteiger partial charge < -0.3 is 24.6 Å². The Kier molecular flexibility index (Phi) is 7.14. The molecule has 2 unspecified atom stereocenters. The maximum absolute atomic E-state index is 13.4. The molecule has 0 aliphatic rings. The van der Waals surface area contributed by atoms with Gasteiger partial charge in [0, 0.05) is 12.1 Å². The van der Waals surface area contributed by atoms with E-state index in [4.69, 9.17) is 14.2 Å². The molecule has 0 heterocycles. The van der Waals surface area contributed by atoms with Gasteiger partial charge in [-0.1, -0.05) is 24.3 Å². The molecule has 0 saturated carbocycles. The van der Waals surface area contributed by atoms with E-state index in [1.54, 1.807) is 48.5 Å². The summed E-state index contributed by atoms with van der Waals surface area (Å²) < 4.78 is 15.8. The number of rotatable bonds is 9. The Balaban J connectivity index is 2.23. The quantitative estimate of drug-likeness (QED) is 0.286. The summed E-state index contributed by atoms with van der Waals surface area (Å²) >= 11 is 0. The molecule has 2 N–H and O–H groups in total. The largest absolute Gasteiger partial charge is 0.497 e. The van der Waals surface area contributed by atoms with Gasteiger partial charge in [0.05, 0.1) is 31.9 Å². The van der Waals surface area contributed by atoms with Crippen LogP contribution in [-0.2, 0) is 15.1 Å². The SMILES string of the molecule is COC(=O)C(Nc1ccccc1OC)(c1ccc(OC)cc1)C(O)c1ccc([N+](=O)[O-])cc1. The number of anilines is 1. The van der Waals surface area contributed by atoms with E-state index in [2.05, 4.69) is 5.32 Å². The Morgan fingerprint density at radius 2 is 1.61 bits per heavy atom. The van der Waals surface area contributed by atoms with Crippen molar-refractivity contribution in [1.82, 2.24) is 0 Å². The molecule has 0 amide bonds. The number of para-hydroxylation sites is 2. The highest BCUT2D eigenvalue weighted by molar-refractivity contribution is 5.88. The second-order valence-corrected chi connectivity index (χ2v) is 7.10. The van der Waals surface area contributed by atoms with Crippen molar-refractivity contribution in [3.8, 4) is 11.5 Å². The second-order valence-electron chi connectivity index (χ2n) is 7.10. The first-order valence-corrected chi connectivity index (χ1v) is 9.94. The van der Waals surface area contributed by atoms with Gasteiger partial charge in [0.1, 0.15) is 17.6 Å². The van der Waals surface area contributed by atoms with Gasteiger partial charge >= 0.3 is 5.97 Å². The molecule has 2 atom stereocenters. The lowest BCUT2D eigenvalue weighted by Gasteiger charge is -2.38. The zero-order chi connectivity index (χ0) is 24.0. The van der Waals surface area contributed by atoms with Crippen molar-refractivity contribution in [3.05, 3.63) is 94.0 Å². The van der Waals surface area contributed by atoms with Gasteiger partial charge in [0.25, 0.3) is 5.69 Å². The lowest BCUT2D eigenvalue weighted by atomic mass is 9.80. The van der Waals surface area contributed by atoms with Gasteiger partial charge in [-0.3, -0.25) is 10.1 Å². The van der Waals surface area contributed by atoms with Gasteiger partial charge in [-0.2, -0.15) is 0 Å². The number of non-ortho nitro benzene ring substituents is 1. The average Bonchev–Trinajstić information content (AvgIpc) is 2.86. The van der Waals surface area contributed by atoms with Crippen molar-refractivity contribution >= 4 is 17.3 Å². The van der Waals surface area contributed by atoms with Crippen molar-refractivity contribution in [2.45, 2.75) is 11.6 Å². The number of hydrogen-bond donors (Lipinski definition) is 2. The van der Waals surface area contributed by atoms with Gasteiger partial charge in [-0.25, -0.2) is 4.79 Å². The maximum atomic E-state index is 13.4. The summed E-state index contributed by atoms with van der Waals surface area (Å²) in [6.45, 7) is 0. The Labute approximate surface area is 190 Å². The third-order valence-corrected chi connectivity index (χ3v) is 5.32. The molecule has 3 rings (SSSR count). The van der Waals surface area contributed by atoms with E-state index in [1.165, 1.54) is 45.6 Å². The smallest absolute Gasteiger partial charge is 0.339 e. The minimum absolute atomic E-state index is 0.142. The van der Waals surface area contributed by atoms with Crippen LogP contribution >= 0.6 is 0 Å². The highest BCUT2D eigenvalue weighted by Gasteiger charge is 2.49. The standard InChI is InChI=1S/C24H24N2O7/c1-31-19-14-10-17(11-15-19)24(23(28)33-3,25-20-6-4-5-7-21(20)32-2)22(27)16-8-12-18(13-9-16)26(29)30/h4-15,22,25,27H,1-3H3. The summed E-state index contributed by atoms with van der Waals surface area (Å²) in [5, 5.41) is 25.7. The molecule has 172 valence electrons. The number of carbonyl (C=O) groups excluding carboxylic acids is 1. The molecule has 0 spiro atoms. The van der Waals surface area contributed by atoms with E-state index in [9.17, 15) is 20.0 Å². The van der Waals surface area contributed by atoms with Gasteiger partial charge in [-0.05, 0) is 47.5 Å². The van der Waals surface area contributed by atoms with Crippen molar-refractivity contribution < 1.29 is 29.0 Å². The van der Waals surface area contributed by atoms with Crippen LogP contribution in [0.25, 0.3) is 0 Å². The number of ether oxygens (including phenoxy) is 3. The van der Waals surface area contributed by atoms with Gasteiger partial charge in [-0.15, -0.1) is 0 Å². The molecule has 3 aromatic carbocycles. The first-order valence-electron chi connectivity index (χ1n) is 9.94. The number of esters is 1. The minimum atomic E-state index is -1.83. The third-order valence-electron chi connectivity index (χ3n) is 5.32. The molecule has 33 heavy (non-hydrogen) atoms. The molecule has 0 bridgehead atoms. The highest BCUT2D eigenvalue weighted by atomic mass is 16.6. The molecular formula is C24H24N2O7. The molecule has 9 nitrogen and oxygen atoms in total. The zero-order valence-corrected chi connectivity index (χ0v) is 18.3. The van der Waals surface area contributed by atoms with Crippen LogP contribution in [0.15, 0.2) is 72.8 Å². The van der Waals surface area contributed by atoms with Crippen LogP contribution < -0.4 is 14.8 Å². The molecular weight excluding hydrogens is 428 g/mol. The Bertz CT molecular complexity index is 1120. The van der Waals surface area contributed by atoms with Gasteiger partial charge in [0.2, 0.25) is 0 Å². The number of carbonyl (C=O) groups is 1. The number of aliphatic hydroxyl groups is 1. The van der Waals surface area contributed by atoms with E-state index in [0.29, 0.717) is 22.7 Å². The Morgan fingerprint density at radius 1 is 0.970 bits per heavy atom. The summed E-state index contributed by atoms with van der Waals surface area (Å²) in [7, 11) is 4.22. The van der Waals surface area contributed by atoms with Crippen molar-refractivity contribution in [2.75, 3.05) is 26.6 Å². The second kappa shape index (κ2) is 10.0. The Morgan fingerprint density at radius 3 is 2.15 bits per heavy atom. The first-order chi connectivity index (χ1) is 15.9. The van der Waals surface area contributed by atoms with E-state index in [-0.39, 0.29) is 11.3 Å². The van der Waals surface area contributed by atoms with Crippen molar-refractivity contribution in [2.24, 2.45) is 0 Å². The van der Waals surface area contributed by atoms with Crippen LogP contribution in [-0.4, -0.2) is 37.3 Å². The average molecular weight is 452 g/mol. The lowest BCUT2D eigenvalue weighted by Crippen LogP contribution is -2.49. The number of hydrogen-bond acceptors (Lipinski definition) is 8. The van der Waals surface area contributed by atoms with Gasteiger partial charge in [0.15, 0.2) is 5.54 Å². The predicted molar refractivity (Wildman–Crippen MR) is 121 cm³/mol. The number of nitro benzene ring substituents is 1. The normalized spacial score (nSPS) is 13.3. The number of nitro groups is 1. The van der Waals surface area contributed by atoms with Crippen LogP contribution in [0.2, 0.25) is 0 Å². The first kappa shape index (κ1) is 23.6. The fourth-order valence-electron chi connectivity index (χ4n) is 3.58. The number of methoxy groups -OCH3 is 3. The van der Waals surface area contributed by atoms with Crippen LogP contribution in [0.3, 0.4) is 0 Å². The summed E-state index contributed by atoms with van der Waals surface area (Å²) in [6.07, 6.45) is -1.50. The molecule has 0 aromatic heterocycles. The van der Waals surface area contributed by atoms with Crippen LogP contribution in [0.1, 0.15) is 17.2 Å². The lowest BCUT2D eigenvalue weighted by molar-refractivity contribution is -0.384. The summed E-state index contributed by atoms with van der Waals surface area (Å²) in [6, 6.07) is 18.8. The summed E-state index contributed by atoms with van der Waals surface area (Å²) in [5.74, 6) is 0.222. The van der Waals surface area contributed by atoms with E-state index >= 15 is 0 Å². The van der Waals surface area contributed by atoms with Crippen LogP contribution in [0, 0.1) is 10.1 Å².